The quantitative estimate of drug-likeness (QED) is 0.644. The molecule has 2 heterocycles. The number of aromatic nitrogens is 2. The average molecular weight is 415 g/mol. The third kappa shape index (κ3) is 5.85. The van der Waals surface area contributed by atoms with E-state index in [0.29, 0.717) is 31.5 Å². The van der Waals surface area contributed by atoms with Gasteiger partial charge in [0.2, 0.25) is 11.8 Å². The van der Waals surface area contributed by atoms with E-state index in [-0.39, 0.29) is 5.91 Å². The first-order chi connectivity index (χ1) is 13.8. The SMILES string of the molecule is CC(C)COc1cc(N2CCN(C(=O)C(C)(C)Sc3ccccc3)CC2)ncn1. The zero-order valence-electron chi connectivity index (χ0n) is 17.7. The normalized spacial score (nSPS) is 14.9. The van der Waals surface area contributed by atoms with Crippen molar-refractivity contribution in [3.63, 3.8) is 0 Å². The highest BCUT2D eigenvalue weighted by molar-refractivity contribution is 8.01. The second kappa shape index (κ2) is 9.48. The summed E-state index contributed by atoms with van der Waals surface area (Å²) in [5, 5.41) is 0. The molecule has 0 unspecified atom stereocenters. The van der Waals surface area contributed by atoms with E-state index in [1.54, 1.807) is 18.1 Å². The number of ether oxygens (including phenoxy) is 1. The lowest BCUT2D eigenvalue weighted by Crippen LogP contribution is -2.53. The Bertz CT molecular complexity index is 805. The van der Waals surface area contributed by atoms with Crippen LogP contribution in [0.2, 0.25) is 0 Å². The lowest BCUT2D eigenvalue weighted by Gasteiger charge is -2.38. The van der Waals surface area contributed by atoms with E-state index in [4.69, 9.17) is 4.74 Å². The summed E-state index contributed by atoms with van der Waals surface area (Å²) in [4.78, 5) is 27.0. The number of anilines is 1. The fraction of sp³-hybridized carbons (Fsp3) is 0.500. The summed E-state index contributed by atoms with van der Waals surface area (Å²) in [6.45, 7) is 11.7. The van der Waals surface area contributed by atoms with Crippen LogP contribution >= 0.6 is 11.8 Å². The number of carbonyl (C=O) groups is 1. The first-order valence-corrected chi connectivity index (χ1v) is 10.9. The number of piperazine rings is 1. The molecular formula is C22H30N4O2S. The predicted octanol–water partition coefficient (Wildman–Crippen LogP) is 3.73. The molecule has 1 aliphatic heterocycles. The van der Waals surface area contributed by atoms with E-state index >= 15 is 0 Å². The van der Waals surface area contributed by atoms with Crippen LogP contribution in [0.25, 0.3) is 0 Å². The lowest BCUT2D eigenvalue weighted by molar-refractivity contribution is -0.133. The Morgan fingerprint density at radius 1 is 1.14 bits per heavy atom. The Balaban J connectivity index is 1.57. The van der Waals surface area contributed by atoms with Gasteiger partial charge in [0.25, 0.3) is 0 Å². The molecule has 1 aromatic heterocycles. The molecule has 3 rings (SSSR count). The summed E-state index contributed by atoms with van der Waals surface area (Å²) < 4.78 is 5.21. The van der Waals surface area contributed by atoms with Crippen molar-refractivity contribution in [1.29, 1.82) is 0 Å². The van der Waals surface area contributed by atoms with E-state index in [9.17, 15) is 4.79 Å². The monoisotopic (exact) mass is 414 g/mol. The van der Waals surface area contributed by atoms with Crippen LogP contribution in [0.4, 0.5) is 5.82 Å². The van der Waals surface area contributed by atoms with Crippen LogP contribution in [0.5, 0.6) is 5.88 Å². The maximum Gasteiger partial charge on any atom is 0.238 e. The maximum absolute atomic E-state index is 13.1. The van der Waals surface area contributed by atoms with Gasteiger partial charge in [0, 0.05) is 37.1 Å². The summed E-state index contributed by atoms with van der Waals surface area (Å²) in [7, 11) is 0. The summed E-state index contributed by atoms with van der Waals surface area (Å²) in [5.74, 6) is 2.07. The standard InChI is InChI=1S/C22H30N4O2S/c1-17(2)15-28-20-14-19(23-16-24-20)25-10-12-26(13-11-25)21(27)22(3,4)29-18-8-6-5-7-9-18/h5-9,14,16-17H,10-13,15H2,1-4H3. The topological polar surface area (TPSA) is 58.6 Å². The number of thioether (sulfide) groups is 1. The highest BCUT2D eigenvalue weighted by atomic mass is 32.2. The molecular weight excluding hydrogens is 384 g/mol. The first kappa shape index (κ1) is 21.4. The zero-order valence-corrected chi connectivity index (χ0v) is 18.5. The fourth-order valence-corrected chi connectivity index (χ4v) is 4.28. The first-order valence-electron chi connectivity index (χ1n) is 10.1. The maximum atomic E-state index is 13.1. The summed E-state index contributed by atoms with van der Waals surface area (Å²) in [6, 6.07) is 12.0. The van der Waals surface area contributed by atoms with Crippen molar-refractivity contribution in [1.82, 2.24) is 14.9 Å². The second-order valence-corrected chi connectivity index (χ2v) is 9.82. The van der Waals surface area contributed by atoms with Crippen molar-refractivity contribution in [3.05, 3.63) is 42.7 Å². The largest absolute Gasteiger partial charge is 0.477 e. The minimum absolute atomic E-state index is 0.176. The molecule has 0 spiro atoms. The van der Waals surface area contributed by atoms with Gasteiger partial charge < -0.3 is 14.5 Å². The smallest absolute Gasteiger partial charge is 0.238 e. The molecule has 1 aliphatic rings. The van der Waals surface area contributed by atoms with E-state index in [1.807, 2.05) is 55.1 Å². The Labute approximate surface area is 177 Å². The van der Waals surface area contributed by atoms with E-state index in [0.717, 1.165) is 23.8 Å². The highest BCUT2D eigenvalue weighted by Crippen LogP contribution is 2.34. The summed E-state index contributed by atoms with van der Waals surface area (Å²) in [5.41, 5.74) is 0. The van der Waals surface area contributed by atoms with Crippen molar-refractivity contribution in [2.24, 2.45) is 5.92 Å². The molecule has 1 saturated heterocycles. The highest BCUT2D eigenvalue weighted by Gasteiger charge is 2.34. The third-order valence-corrected chi connectivity index (χ3v) is 5.91. The molecule has 0 bridgehead atoms. The molecule has 0 saturated carbocycles. The molecule has 0 N–H and O–H groups in total. The van der Waals surface area contributed by atoms with E-state index < -0.39 is 4.75 Å². The van der Waals surface area contributed by atoms with Gasteiger partial charge in [-0.25, -0.2) is 9.97 Å². The van der Waals surface area contributed by atoms with Gasteiger partial charge in [-0.3, -0.25) is 4.79 Å². The van der Waals surface area contributed by atoms with Gasteiger partial charge in [0.15, 0.2) is 0 Å². The van der Waals surface area contributed by atoms with Crippen LogP contribution in [0.1, 0.15) is 27.7 Å². The van der Waals surface area contributed by atoms with Crippen molar-refractivity contribution in [3.8, 4) is 5.88 Å². The molecule has 1 aromatic carbocycles. The van der Waals surface area contributed by atoms with Gasteiger partial charge >= 0.3 is 0 Å². The molecule has 156 valence electrons. The Kier molecular flexibility index (Phi) is 7.00. The van der Waals surface area contributed by atoms with Crippen LogP contribution in [0.15, 0.2) is 47.6 Å². The van der Waals surface area contributed by atoms with Crippen LogP contribution in [0, 0.1) is 5.92 Å². The third-order valence-electron chi connectivity index (χ3n) is 4.71. The number of nitrogens with zero attached hydrogens (tertiary/aromatic N) is 4. The molecule has 2 aromatic rings. The van der Waals surface area contributed by atoms with Gasteiger partial charge in [0.1, 0.15) is 12.1 Å². The van der Waals surface area contributed by atoms with Crippen molar-refractivity contribution < 1.29 is 9.53 Å². The lowest BCUT2D eigenvalue weighted by atomic mass is 10.1. The molecule has 1 fully saturated rings. The molecule has 7 heteroatoms. The van der Waals surface area contributed by atoms with E-state index in [1.165, 1.54) is 0 Å². The zero-order chi connectivity index (χ0) is 20.9. The number of carbonyl (C=O) groups excluding carboxylic acids is 1. The van der Waals surface area contributed by atoms with Crippen LogP contribution in [0.3, 0.4) is 0 Å². The summed E-state index contributed by atoms with van der Waals surface area (Å²) >= 11 is 1.61. The Morgan fingerprint density at radius 2 is 1.83 bits per heavy atom. The second-order valence-electron chi connectivity index (χ2n) is 8.12. The number of hydrogen-bond acceptors (Lipinski definition) is 6. The van der Waals surface area contributed by atoms with Crippen molar-refractivity contribution in [2.75, 3.05) is 37.7 Å². The molecule has 6 nitrogen and oxygen atoms in total. The molecule has 29 heavy (non-hydrogen) atoms. The molecule has 1 amide bonds. The van der Waals surface area contributed by atoms with E-state index in [2.05, 4.69) is 28.7 Å². The van der Waals surface area contributed by atoms with Crippen LogP contribution < -0.4 is 9.64 Å². The number of rotatable bonds is 7. The molecule has 0 aliphatic carbocycles. The average Bonchev–Trinajstić information content (AvgIpc) is 2.72. The van der Waals surface area contributed by atoms with Crippen molar-refractivity contribution in [2.45, 2.75) is 37.3 Å². The minimum Gasteiger partial charge on any atom is -0.477 e. The Morgan fingerprint density at radius 3 is 2.48 bits per heavy atom. The van der Waals surface area contributed by atoms with Gasteiger partial charge in [-0.1, -0.05) is 32.0 Å². The van der Waals surface area contributed by atoms with Crippen LogP contribution in [-0.4, -0.2) is 58.3 Å². The minimum atomic E-state index is -0.504. The fourth-order valence-electron chi connectivity index (χ4n) is 3.18. The summed E-state index contributed by atoms with van der Waals surface area (Å²) in [6.07, 6.45) is 1.54. The molecule has 0 radical (unpaired) electrons. The molecule has 0 atom stereocenters. The van der Waals surface area contributed by atoms with Gasteiger partial charge in [-0.05, 0) is 31.9 Å². The Hall–Kier alpha value is -2.28. The number of hydrogen-bond donors (Lipinski definition) is 0. The number of amides is 1. The van der Waals surface area contributed by atoms with Gasteiger partial charge in [-0.2, -0.15) is 0 Å². The van der Waals surface area contributed by atoms with Crippen molar-refractivity contribution >= 4 is 23.5 Å². The van der Waals surface area contributed by atoms with Crippen LogP contribution in [-0.2, 0) is 4.79 Å². The van der Waals surface area contributed by atoms with Gasteiger partial charge in [0.05, 0.1) is 11.4 Å². The number of benzene rings is 1. The van der Waals surface area contributed by atoms with Gasteiger partial charge in [-0.15, -0.1) is 11.8 Å². The predicted molar refractivity (Wildman–Crippen MR) is 118 cm³/mol.